The second-order valence-corrected chi connectivity index (χ2v) is 9.44. The molecule has 8 nitrogen and oxygen atoms in total. The van der Waals surface area contributed by atoms with Gasteiger partial charge in [-0.1, -0.05) is 53.3 Å². The van der Waals surface area contributed by atoms with Crippen LogP contribution in [0.4, 0.5) is 5.69 Å². The van der Waals surface area contributed by atoms with Gasteiger partial charge in [0, 0.05) is 25.3 Å². The van der Waals surface area contributed by atoms with Crippen LogP contribution < -0.4 is 10.6 Å². The van der Waals surface area contributed by atoms with Gasteiger partial charge in [0.05, 0.1) is 5.92 Å². The molecular formula is C25H27N5O3S. The minimum atomic E-state index is -0.410. The Morgan fingerprint density at radius 3 is 2.53 bits per heavy atom. The van der Waals surface area contributed by atoms with Crippen LogP contribution in [-0.4, -0.2) is 45.9 Å². The van der Waals surface area contributed by atoms with E-state index in [-0.39, 0.29) is 27.7 Å². The Labute approximate surface area is 202 Å². The SMILES string of the molecule is Cc1ccc(NC(=O)c2nnc(C(=O)N3CCC[C@H](C(=O)NCc4ccccc4C)C3)s2)cc1. The number of anilines is 1. The molecule has 1 aliphatic heterocycles. The molecule has 4 rings (SSSR count). The van der Waals surface area contributed by atoms with Crippen molar-refractivity contribution in [3.8, 4) is 0 Å². The van der Waals surface area contributed by atoms with E-state index in [4.69, 9.17) is 0 Å². The van der Waals surface area contributed by atoms with Gasteiger partial charge in [-0.2, -0.15) is 0 Å². The zero-order chi connectivity index (χ0) is 24.1. The number of aryl methyl sites for hydroxylation is 2. The van der Waals surface area contributed by atoms with Crippen molar-refractivity contribution in [2.24, 2.45) is 5.92 Å². The van der Waals surface area contributed by atoms with Gasteiger partial charge in [-0.25, -0.2) is 0 Å². The summed E-state index contributed by atoms with van der Waals surface area (Å²) in [4.78, 5) is 39.9. The number of rotatable bonds is 6. The maximum Gasteiger partial charge on any atom is 0.286 e. The molecular weight excluding hydrogens is 450 g/mol. The lowest BCUT2D eigenvalue weighted by molar-refractivity contribution is -0.126. The molecule has 0 unspecified atom stereocenters. The average molecular weight is 478 g/mol. The summed E-state index contributed by atoms with van der Waals surface area (Å²) in [6.45, 7) is 5.31. The van der Waals surface area contributed by atoms with Crippen LogP contribution in [0.1, 0.15) is 49.1 Å². The van der Waals surface area contributed by atoms with Crippen molar-refractivity contribution < 1.29 is 14.4 Å². The van der Waals surface area contributed by atoms with Gasteiger partial charge in [0.2, 0.25) is 15.9 Å². The Bertz CT molecular complexity index is 1190. The van der Waals surface area contributed by atoms with Gasteiger partial charge in [0.1, 0.15) is 0 Å². The summed E-state index contributed by atoms with van der Waals surface area (Å²) in [6, 6.07) is 15.3. The third-order valence-corrected chi connectivity index (χ3v) is 6.82. The molecule has 3 aromatic rings. The zero-order valence-electron chi connectivity index (χ0n) is 19.2. The van der Waals surface area contributed by atoms with Crippen molar-refractivity contribution >= 4 is 34.7 Å². The van der Waals surface area contributed by atoms with Gasteiger partial charge in [-0.05, 0) is 49.9 Å². The number of nitrogens with one attached hydrogen (secondary N) is 2. The van der Waals surface area contributed by atoms with E-state index in [1.165, 1.54) is 0 Å². The highest BCUT2D eigenvalue weighted by Gasteiger charge is 2.31. The first-order valence-corrected chi connectivity index (χ1v) is 12.1. The summed E-state index contributed by atoms with van der Waals surface area (Å²) in [7, 11) is 0. The fourth-order valence-corrected chi connectivity index (χ4v) is 4.58. The van der Waals surface area contributed by atoms with Crippen LogP contribution in [0.2, 0.25) is 0 Å². The Hall–Kier alpha value is -3.59. The quantitative estimate of drug-likeness (QED) is 0.565. The minimum absolute atomic E-state index is 0.0591. The molecule has 0 bridgehead atoms. The maximum absolute atomic E-state index is 13.0. The first-order chi connectivity index (χ1) is 16.4. The molecule has 3 amide bonds. The van der Waals surface area contributed by atoms with Crippen molar-refractivity contribution in [1.82, 2.24) is 20.4 Å². The molecule has 34 heavy (non-hydrogen) atoms. The predicted molar refractivity (Wildman–Crippen MR) is 131 cm³/mol. The number of benzene rings is 2. The molecule has 0 saturated carbocycles. The Balaban J connectivity index is 1.34. The van der Waals surface area contributed by atoms with Crippen LogP contribution in [-0.2, 0) is 11.3 Å². The summed E-state index contributed by atoms with van der Waals surface area (Å²) in [5.74, 6) is -1.05. The molecule has 1 saturated heterocycles. The van der Waals surface area contributed by atoms with E-state index in [0.29, 0.717) is 25.3 Å². The summed E-state index contributed by atoms with van der Waals surface area (Å²) in [6.07, 6.45) is 1.46. The number of amides is 3. The van der Waals surface area contributed by atoms with E-state index in [0.717, 1.165) is 40.9 Å². The van der Waals surface area contributed by atoms with Crippen molar-refractivity contribution in [3.63, 3.8) is 0 Å². The number of likely N-dealkylation sites (tertiary alicyclic amines) is 1. The first kappa shape index (κ1) is 23.6. The fourth-order valence-electron chi connectivity index (χ4n) is 3.87. The molecule has 1 aromatic heterocycles. The molecule has 2 aromatic carbocycles. The maximum atomic E-state index is 13.0. The third-order valence-electron chi connectivity index (χ3n) is 5.91. The van der Waals surface area contributed by atoms with Gasteiger partial charge < -0.3 is 15.5 Å². The van der Waals surface area contributed by atoms with E-state index >= 15 is 0 Å². The smallest absolute Gasteiger partial charge is 0.286 e. The normalized spacial score (nSPS) is 15.6. The molecule has 2 heterocycles. The second-order valence-electron chi connectivity index (χ2n) is 8.47. The predicted octanol–water partition coefficient (Wildman–Crippen LogP) is 3.58. The van der Waals surface area contributed by atoms with Gasteiger partial charge in [0.15, 0.2) is 0 Å². The molecule has 0 spiro atoms. The Morgan fingerprint density at radius 1 is 1.03 bits per heavy atom. The minimum Gasteiger partial charge on any atom is -0.352 e. The van der Waals surface area contributed by atoms with Crippen LogP contribution >= 0.6 is 11.3 Å². The van der Waals surface area contributed by atoms with Crippen LogP contribution in [0, 0.1) is 19.8 Å². The van der Waals surface area contributed by atoms with Crippen LogP contribution in [0.5, 0.6) is 0 Å². The largest absolute Gasteiger partial charge is 0.352 e. The van der Waals surface area contributed by atoms with Gasteiger partial charge >= 0.3 is 0 Å². The van der Waals surface area contributed by atoms with Crippen molar-refractivity contribution in [2.75, 3.05) is 18.4 Å². The monoisotopic (exact) mass is 477 g/mol. The van der Waals surface area contributed by atoms with Crippen LogP contribution in [0.15, 0.2) is 48.5 Å². The zero-order valence-corrected chi connectivity index (χ0v) is 20.0. The van der Waals surface area contributed by atoms with E-state index in [1.807, 2.05) is 50.2 Å². The summed E-state index contributed by atoms with van der Waals surface area (Å²) >= 11 is 0.958. The Kier molecular flexibility index (Phi) is 7.32. The second kappa shape index (κ2) is 10.6. The van der Waals surface area contributed by atoms with Gasteiger partial charge in [0.25, 0.3) is 11.8 Å². The first-order valence-electron chi connectivity index (χ1n) is 11.2. The fraction of sp³-hybridized carbons (Fsp3) is 0.320. The summed E-state index contributed by atoms with van der Waals surface area (Å²) < 4.78 is 0. The van der Waals surface area contributed by atoms with Crippen molar-refractivity contribution in [1.29, 1.82) is 0 Å². The number of aromatic nitrogens is 2. The molecule has 0 radical (unpaired) electrons. The highest BCUT2D eigenvalue weighted by atomic mass is 32.1. The highest BCUT2D eigenvalue weighted by Crippen LogP contribution is 2.21. The molecule has 0 aliphatic carbocycles. The highest BCUT2D eigenvalue weighted by molar-refractivity contribution is 7.15. The van der Waals surface area contributed by atoms with E-state index < -0.39 is 5.91 Å². The van der Waals surface area contributed by atoms with Crippen molar-refractivity contribution in [2.45, 2.75) is 33.2 Å². The number of hydrogen-bond acceptors (Lipinski definition) is 6. The molecule has 176 valence electrons. The van der Waals surface area contributed by atoms with Gasteiger partial charge in [-0.3, -0.25) is 14.4 Å². The molecule has 2 N–H and O–H groups in total. The number of hydrogen-bond donors (Lipinski definition) is 2. The van der Waals surface area contributed by atoms with Gasteiger partial charge in [-0.15, -0.1) is 10.2 Å². The lowest BCUT2D eigenvalue weighted by atomic mass is 9.97. The van der Waals surface area contributed by atoms with E-state index in [1.54, 1.807) is 17.0 Å². The third kappa shape index (κ3) is 5.66. The lowest BCUT2D eigenvalue weighted by Gasteiger charge is -2.31. The number of piperidine rings is 1. The molecule has 1 fully saturated rings. The van der Waals surface area contributed by atoms with E-state index in [2.05, 4.69) is 20.8 Å². The molecule has 9 heteroatoms. The summed E-state index contributed by atoms with van der Waals surface area (Å²) in [5.41, 5.74) is 3.94. The topological polar surface area (TPSA) is 104 Å². The van der Waals surface area contributed by atoms with Crippen LogP contribution in [0.25, 0.3) is 0 Å². The van der Waals surface area contributed by atoms with E-state index in [9.17, 15) is 14.4 Å². The molecule has 1 aliphatic rings. The Morgan fingerprint density at radius 2 is 1.76 bits per heavy atom. The van der Waals surface area contributed by atoms with Crippen molar-refractivity contribution in [3.05, 3.63) is 75.2 Å². The average Bonchev–Trinajstić information content (AvgIpc) is 3.35. The number of carbonyl (C=O) groups is 3. The lowest BCUT2D eigenvalue weighted by Crippen LogP contribution is -2.45. The van der Waals surface area contributed by atoms with Crippen LogP contribution in [0.3, 0.4) is 0 Å². The summed E-state index contributed by atoms with van der Waals surface area (Å²) in [5, 5.41) is 13.9. The molecule has 1 atom stereocenters. The number of carbonyl (C=O) groups excluding carboxylic acids is 3. The number of nitrogens with zero attached hydrogens (tertiary/aromatic N) is 3. The standard InChI is InChI=1S/C25H27N5O3S/c1-16-9-11-20(12-10-16)27-22(32)23-28-29-24(34-23)25(33)30-13-5-8-19(15-30)21(31)26-14-18-7-4-3-6-17(18)2/h3-4,6-7,9-12,19H,5,8,13-15H2,1-2H3,(H,26,31)(H,27,32)/t19-/m0/s1.